The summed E-state index contributed by atoms with van der Waals surface area (Å²) >= 11 is 0. The number of benzene rings is 1. The number of hydrogen-bond donors (Lipinski definition) is 1. The molecule has 1 heterocycles. The zero-order chi connectivity index (χ0) is 13.9. The van der Waals surface area contributed by atoms with Gasteiger partial charge in [0.25, 0.3) is 10.2 Å². The molecule has 0 spiro atoms. The van der Waals surface area contributed by atoms with Gasteiger partial charge in [-0.3, -0.25) is 0 Å². The van der Waals surface area contributed by atoms with E-state index in [9.17, 15) is 8.42 Å². The Kier molecular flexibility index (Phi) is 4.41. The van der Waals surface area contributed by atoms with E-state index in [4.69, 9.17) is 14.6 Å². The number of methoxy groups -OCH3 is 1. The van der Waals surface area contributed by atoms with Crippen LogP contribution < -0.4 is 9.88 Å². The van der Waals surface area contributed by atoms with Gasteiger partial charge in [0.2, 0.25) is 0 Å². The van der Waals surface area contributed by atoms with Crippen molar-refractivity contribution in [1.82, 2.24) is 4.31 Å². The van der Waals surface area contributed by atoms with Gasteiger partial charge in [-0.2, -0.15) is 12.7 Å². The van der Waals surface area contributed by atoms with Crippen molar-refractivity contribution < 1.29 is 17.9 Å². The summed E-state index contributed by atoms with van der Waals surface area (Å²) in [6, 6.07) is 7.57. The topological polar surface area (TPSA) is 81.9 Å². The van der Waals surface area contributed by atoms with Crippen molar-refractivity contribution in [1.29, 1.82) is 0 Å². The zero-order valence-corrected chi connectivity index (χ0v) is 11.6. The third kappa shape index (κ3) is 3.90. The summed E-state index contributed by atoms with van der Waals surface area (Å²) in [6.07, 6.45) is 0.576. The minimum Gasteiger partial charge on any atom is -0.497 e. The highest BCUT2D eigenvalue weighted by Crippen LogP contribution is 2.17. The highest BCUT2D eigenvalue weighted by Gasteiger charge is 2.29. The molecule has 1 atom stereocenters. The molecule has 2 N–H and O–H groups in total. The lowest BCUT2D eigenvalue weighted by molar-refractivity contribution is 0.0508. The fourth-order valence-electron chi connectivity index (χ4n) is 2.00. The number of ether oxygens (including phenoxy) is 2. The molecule has 6 nitrogen and oxygen atoms in total. The summed E-state index contributed by atoms with van der Waals surface area (Å²) in [5, 5.41) is 5.07. The van der Waals surface area contributed by atoms with Gasteiger partial charge in [0.15, 0.2) is 0 Å². The fraction of sp³-hybridized carbons (Fsp3) is 0.500. The highest BCUT2D eigenvalue weighted by molar-refractivity contribution is 7.86. The lowest BCUT2D eigenvalue weighted by atomic mass is 10.2. The van der Waals surface area contributed by atoms with E-state index in [1.165, 1.54) is 4.31 Å². The van der Waals surface area contributed by atoms with Crippen LogP contribution in [0.25, 0.3) is 0 Å². The smallest absolute Gasteiger partial charge is 0.276 e. The maximum Gasteiger partial charge on any atom is 0.276 e. The fourth-order valence-corrected chi connectivity index (χ4v) is 2.73. The molecule has 1 aliphatic heterocycles. The molecular weight excluding hydrogens is 268 g/mol. The molecule has 1 unspecified atom stereocenters. The number of nitrogens with two attached hydrogens (primary N) is 1. The normalized spacial score (nSPS) is 20.6. The first-order chi connectivity index (χ1) is 8.99. The lowest BCUT2D eigenvalue weighted by Crippen LogP contribution is -2.35. The maximum absolute atomic E-state index is 11.2. The van der Waals surface area contributed by atoms with Gasteiger partial charge in [0.05, 0.1) is 19.8 Å². The Morgan fingerprint density at radius 2 is 2.05 bits per heavy atom. The number of hydrogen-bond acceptors (Lipinski definition) is 4. The van der Waals surface area contributed by atoms with E-state index in [0.717, 1.165) is 11.3 Å². The molecule has 19 heavy (non-hydrogen) atoms. The van der Waals surface area contributed by atoms with Crippen LogP contribution in [0.1, 0.15) is 12.0 Å². The molecule has 1 saturated heterocycles. The summed E-state index contributed by atoms with van der Waals surface area (Å²) < 4.78 is 34.3. The van der Waals surface area contributed by atoms with Gasteiger partial charge in [-0.25, -0.2) is 5.14 Å². The zero-order valence-electron chi connectivity index (χ0n) is 10.8. The van der Waals surface area contributed by atoms with Crippen molar-refractivity contribution in [2.75, 3.05) is 20.2 Å². The van der Waals surface area contributed by atoms with E-state index in [1.54, 1.807) is 7.11 Å². The van der Waals surface area contributed by atoms with Crippen LogP contribution in [0, 0.1) is 0 Å². The van der Waals surface area contributed by atoms with Crippen molar-refractivity contribution in [2.24, 2.45) is 5.14 Å². The second-order valence-corrected chi connectivity index (χ2v) is 6.02. The molecule has 1 aromatic carbocycles. The summed E-state index contributed by atoms with van der Waals surface area (Å²) in [7, 11) is -1.97. The van der Waals surface area contributed by atoms with Crippen molar-refractivity contribution in [3.8, 4) is 5.75 Å². The molecule has 1 aromatic rings. The van der Waals surface area contributed by atoms with Gasteiger partial charge in [-0.15, -0.1) is 0 Å². The Morgan fingerprint density at radius 3 is 2.58 bits per heavy atom. The SMILES string of the molecule is COc1ccc(COC2CCN(S(N)(=O)=O)C2)cc1. The lowest BCUT2D eigenvalue weighted by Gasteiger charge is -2.13. The van der Waals surface area contributed by atoms with Crippen molar-refractivity contribution in [3.05, 3.63) is 29.8 Å². The molecule has 1 fully saturated rings. The van der Waals surface area contributed by atoms with Gasteiger partial charge in [0, 0.05) is 13.1 Å². The standard InChI is InChI=1S/C12H18N2O4S/c1-17-11-4-2-10(3-5-11)9-18-12-6-7-14(8-12)19(13,15)16/h2-5,12H,6-9H2,1H3,(H2,13,15,16). The summed E-state index contributed by atoms with van der Waals surface area (Å²) in [5.74, 6) is 0.796. The van der Waals surface area contributed by atoms with Gasteiger partial charge >= 0.3 is 0 Å². The third-order valence-electron chi connectivity index (χ3n) is 3.11. The molecule has 0 amide bonds. The molecule has 1 aliphatic rings. The largest absolute Gasteiger partial charge is 0.497 e. The molecule has 7 heteroatoms. The summed E-state index contributed by atoms with van der Waals surface area (Å²) in [6.45, 7) is 1.20. The van der Waals surface area contributed by atoms with Crippen molar-refractivity contribution >= 4 is 10.2 Å². The Morgan fingerprint density at radius 1 is 1.37 bits per heavy atom. The van der Waals surface area contributed by atoms with Gasteiger partial charge < -0.3 is 9.47 Å². The second-order valence-electron chi connectivity index (χ2n) is 4.47. The third-order valence-corrected chi connectivity index (χ3v) is 4.16. The van der Waals surface area contributed by atoms with Crippen LogP contribution in [0.15, 0.2) is 24.3 Å². The predicted molar refractivity (Wildman–Crippen MR) is 70.9 cm³/mol. The summed E-state index contributed by atoms with van der Waals surface area (Å²) in [5.41, 5.74) is 1.02. The minimum atomic E-state index is -3.59. The first-order valence-electron chi connectivity index (χ1n) is 6.01. The average molecular weight is 286 g/mol. The first-order valence-corrected chi connectivity index (χ1v) is 7.52. The van der Waals surface area contributed by atoms with E-state index in [0.29, 0.717) is 26.1 Å². The monoisotopic (exact) mass is 286 g/mol. The molecule has 106 valence electrons. The van der Waals surface area contributed by atoms with E-state index in [1.807, 2.05) is 24.3 Å². The van der Waals surface area contributed by atoms with Gasteiger partial charge in [-0.05, 0) is 24.1 Å². The van der Waals surface area contributed by atoms with Crippen LogP contribution in [0.3, 0.4) is 0 Å². The number of rotatable bonds is 5. The first kappa shape index (κ1) is 14.3. The van der Waals surface area contributed by atoms with Crippen LogP contribution in [0.5, 0.6) is 5.75 Å². The molecule has 0 saturated carbocycles. The Hall–Kier alpha value is -1.15. The van der Waals surface area contributed by atoms with E-state index < -0.39 is 10.2 Å². The molecular formula is C12H18N2O4S. The van der Waals surface area contributed by atoms with Crippen molar-refractivity contribution in [2.45, 2.75) is 19.1 Å². The molecule has 0 aromatic heterocycles. The number of nitrogens with zero attached hydrogens (tertiary/aromatic N) is 1. The van der Waals surface area contributed by atoms with Crippen molar-refractivity contribution in [3.63, 3.8) is 0 Å². The van der Waals surface area contributed by atoms with Crippen LogP contribution >= 0.6 is 0 Å². The van der Waals surface area contributed by atoms with E-state index >= 15 is 0 Å². The van der Waals surface area contributed by atoms with E-state index in [2.05, 4.69) is 0 Å². The Balaban J connectivity index is 1.83. The highest BCUT2D eigenvalue weighted by atomic mass is 32.2. The summed E-state index contributed by atoms with van der Waals surface area (Å²) in [4.78, 5) is 0. The quantitative estimate of drug-likeness (QED) is 0.854. The molecule has 0 aliphatic carbocycles. The Bertz CT molecular complexity index is 515. The average Bonchev–Trinajstić information content (AvgIpc) is 2.86. The van der Waals surface area contributed by atoms with Crippen LogP contribution in [-0.4, -0.2) is 39.0 Å². The van der Waals surface area contributed by atoms with Crippen LogP contribution in [-0.2, 0) is 21.6 Å². The molecule has 0 radical (unpaired) electrons. The second kappa shape index (κ2) is 5.87. The maximum atomic E-state index is 11.2. The predicted octanol–water partition coefficient (Wildman–Crippen LogP) is 0.490. The van der Waals surface area contributed by atoms with Crippen LogP contribution in [0.2, 0.25) is 0 Å². The van der Waals surface area contributed by atoms with Gasteiger partial charge in [-0.1, -0.05) is 12.1 Å². The molecule has 0 bridgehead atoms. The minimum absolute atomic E-state index is 0.0968. The van der Waals surface area contributed by atoms with Crippen LogP contribution in [0.4, 0.5) is 0 Å². The van der Waals surface area contributed by atoms with Gasteiger partial charge in [0.1, 0.15) is 5.75 Å². The molecule has 2 rings (SSSR count). The van der Waals surface area contributed by atoms with E-state index in [-0.39, 0.29) is 6.10 Å². The Labute approximate surface area is 113 Å².